The van der Waals surface area contributed by atoms with Crippen molar-refractivity contribution in [3.8, 4) is 0 Å². The normalized spacial score (nSPS) is 15.2. The van der Waals surface area contributed by atoms with Crippen molar-refractivity contribution in [2.75, 3.05) is 0 Å². The Morgan fingerprint density at radius 1 is 1.82 bits per heavy atom. The zero-order chi connectivity index (χ0) is 8.85. The lowest BCUT2D eigenvalue weighted by molar-refractivity contribution is -0.148. The van der Waals surface area contributed by atoms with Crippen molar-refractivity contribution in [1.29, 1.82) is 0 Å². The Morgan fingerprint density at radius 3 is 2.73 bits per heavy atom. The minimum atomic E-state index is -0.691. The number of carbonyl (C=O) groups excluding carboxylic acids is 1. The quantitative estimate of drug-likeness (QED) is 0.486. The molecule has 0 unspecified atom stereocenters. The van der Waals surface area contributed by atoms with Crippen LogP contribution in [0.4, 0.5) is 0 Å². The number of esters is 1. The topological polar surface area (TPSA) is 52.3 Å². The summed E-state index contributed by atoms with van der Waals surface area (Å²) in [6.07, 6.45) is 2.11. The summed E-state index contributed by atoms with van der Waals surface area (Å²) in [6.45, 7) is 7.16. The third-order valence-corrected chi connectivity index (χ3v) is 1.42. The van der Waals surface area contributed by atoms with Gasteiger partial charge >= 0.3 is 5.97 Å². The second kappa shape index (κ2) is 4.91. The van der Waals surface area contributed by atoms with Crippen LogP contribution in [-0.2, 0) is 9.53 Å². The van der Waals surface area contributed by atoms with E-state index in [1.807, 2.05) is 13.8 Å². The standard InChI is InChI=1S/C8H15NO2/c1-4-6(3)11-8(10)7(9)5-2/h5-7H,2,4,9H2,1,3H3/t6-,7+/m1/s1. The van der Waals surface area contributed by atoms with Gasteiger partial charge in [0.1, 0.15) is 6.04 Å². The Hall–Kier alpha value is -0.830. The largest absolute Gasteiger partial charge is 0.461 e. The zero-order valence-corrected chi connectivity index (χ0v) is 7.04. The van der Waals surface area contributed by atoms with Gasteiger partial charge in [-0.05, 0) is 13.3 Å². The SMILES string of the molecule is C=C[C@H](N)C(=O)O[C@H](C)CC. The number of hydrogen-bond donors (Lipinski definition) is 1. The van der Waals surface area contributed by atoms with Gasteiger partial charge in [-0.25, -0.2) is 0 Å². The molecular formula is C8H15NO2. The Labute approximate surface area is 67.2 Å². The first-order valence-corrected chi connectivity index (χ1v) is 3.70. The molecular weight excluding hydrogens is 142 g/mol. The van der Waals surface area contributed by atoms with Gasteiger partial charge in [0.15, 0.2) is 0 Å². The molecule has 0 radical (unpaired) electrons. The van der Waals surface area contributed by atoms with Gasteiger partial charge in [-0.1, -0.05) is 13.0 Å². The Kier molecular flexibility index (Phi) is 4.54. The fraction of sp³-hybridized carbons (Fsp3) is 0.625. The highest BCUT2D eigenvalue weighted by Gasteiger charge is 2.12. The molecule has 0 amide bonds. The van der Waals surface area contributed by atoms with E-state index in [9.17, 15) is 4.79 Å². The van der Waals surface area contributed by atoms with Crippen molar-refractivity contribution in [2.45, 2.75) is 32.4 Å². The van der Waals surface area contributed by atoms with Crippen LogP contribution in [-0.4, -0.2) is 18.1 Å². The molecule has 11 heavy (non-hydrogen) atoms. The lowest BCUT2D eigenvalue weighted by Crippen LogP contribution is -2.32. The predicted octanol–water partition coefficient (Wildman–Crippen LogP) is 0.841. The molecule has 2 N–H and O–H groups in total. The van der Waals surface area contributed by atoms with Crippen LogP contribution < -0.4 is 5.73 Å². The summed E-state index contributed by atoms with van der Waals surface area (Å²) in [6, 6.07) is -0.691. The van der Waals surface area contributed by atoms with E-state index in [1.165, 1.54) is 6.08 Å². The average molecular weight is 157 g/mol. The molecule has 0 aromatic rings. The van der Waals surface area contributed by atoms with E-state index in [2.05, 4.69) is 6.58 Å². The minimum absolute atomic E-state index is 0.0616. The van der Waals surface area contributed by atoms with Crippen LogP contribution in [0, 0.1) is 0 Å². The van der Waals surface area contributed by atoms with Gasteiger partial charge in [-0.2, -0.15) is 0 Å². The number of hydrogen-bond acceptors (Lipinski definition) is 3. The van der Waals surface area contributed by atoms with E-state index >= 15 is 0 Å². The zero-order valence-electron chi connectivity index (χ0n) is 7.04. The fourth-order valence-electron chi connectivity index (χ4n) is 0.456. The van der Waals surface area contributed by atoms with E-state index in [0.29, 0.717) is 0 Å². The summed E-state index contributed by atoms with van der Waals surface area (Å²) in [5.41, 5.74) is 5.33. The first-order chi connectivity index (χ1) is 5.11. The first-order valence-electron chi connectivity index (χ1n) is 3.70. The molecule has 3 nitrogen and oxygen atoms in total. The molecule has 64 valence electrons. The summed E-state index contributed by atoms with van der Waals surface area (Å²) >= 11 is 0. The predicted molar refractivity (Wildman–Crippen MR) is 44.0 cm³/mol. The van der Waals surface area contributed by atoms with Crippen molar-refractivity contribution in [2.24, 2.45) is 5.73 Å². The minimum Gasteiger partial charge on any atom is -0.461 e. The van der Waals surface area contributed by atoms with E-state index in [4.69, 9.17) is 10.5 Å². The van der Waals surface area contributed by atoms with Crippen molar-refractivity contribution in [3.63, 3.8) is 0 Å². The molecule has 0 bridgehead atoms. The van der Waals surface area contributed by atoms with Gasteiger partial charge in [0.2, 0.25) is 0 Å². The molecule has 0 aliphatic rings. The molecule has 0 saturated heterocycles. The van der Waals surface area contributed by atoms with E-state index in [1.54, 1.807) is 0 Å². The summed E-state index contributed by atoms with van der Waals surface area (Å²) in [5, 5.41) is 0. The van der Waals surface area contributed by atoms with Gasteiger partial charge in [0.25, 0.3) is 0 Å². The van der Waals surface area contributed by atoms with Crippen LogP contribution in [0.25, 0.3) is 0 Å². The average Bonchev–Trinajstić information content (AvgIpc) is 2.02. The monoisotopic (exact) mass is 157 g/mol. The van der Waals surface area contributed by atoms with E-state index < -0.39 is 12.0 Å². The van der Waals surface area contributed by atoms with Gasteiger partial charge < -0.3 is 10.5 Å². The molecule has 0 aromatic heterocycles. The third-order valence-electron chi connectivity index (χ3n) is 1.42. The smallest absolute Gasteiger partial charge is 0.327 e. The Balaban J connectivity index is 3.77. The molecule has 2 atom stereocenters. The van der Waals surface area contributed by atoms with E-state index in [-0.39, 0.29) is 6.10 Å². The van der Waals surface area contributed by atoms with Crippen molar-refractivity contribution in [3.05, 3.63) is 12.7 Å². The fourth-order valence-corrected chi connectivity index (χ4v) is 0.456. The maximum atomic E-state index is 10.9. The van der Waals surface area contributed by atoms with Crippen LogP contribution in [0.3, 0.4) is 0 Å². The first kappa shape index (κ1) is 10.2. The highest BCUT2D eigenvalue weighted by atomic mass is 16.5. The lowest BCUT2D eigenvalue weighted by atomic mass is 10.3. The summed E-state index contributed by atoms with van der Waals surface area (Å²) in [5.74, 6) is -0.408. The highest BCUT2D eigenvalue weighted by Crippen LogP contribution is 1.98. The summed E-state index contributed by atoms with van der Waals surface area (Å²) < 4.78 is 4.92. The Morgan fingerprint density at radius 2 is 2.36 bits per heavy atom. The van der Waals surface area contributed by atoms with Crippen LogP contribution in [0.2, 0.25) is 0 Å². The summed E-state index contributed by atoms with van der Waals surface area (Å²) in [7, 11) is 0. The molecule has 0 fully saturated rings. The molecule has 0 aromatic carbocycles. The maximum Gasteiger partial charge on any atom is 0.327 e. The van der Waals surface area contributed by atoms with Gasteiger partial charge in [0, 0.05) is 0 Å². The molecule has 0 heterocycles. The van der Waals surface area contributed by atoms with Crippen LogP contribution in [0.1, 0.15) is 20.3 Å². The van der Waals surface area contributed by atoms with Crippen molar-refractivity contribution < 1.29 is 9.53 Å². The number of rotatable bonds is 4. The molecule has 0 spiro atoms. The molecule has 0 aliphatic carbocycles. The molecule has 0 rings (SSSR count). The highest BCUT2D eigenvalue weighted by molar-refractivity contribution is 5.77. The van der Waals surface area contributed by atoms with Gasteiger partial charge in [-0.3, -0.25) is 4.79 Å². The summed E-state index contributed by atoms with van der Waals surface area (Å²) in [4.78, 5) is 10.9. The Bertz CT molecular complexity index is 145. The van der Waals surface area contributed by atoms with Crippen molar-refractivity contribution in [1.82, 2.24) is 0 Å². The second-order valence-electron chi connectivity index (χ2n) is 2.42. The molecule has 0 saturated carbocycles. The van der Waals surface area contributed by atoms with Crippen LogP contribution in [0.5, 0.6) is 0 Å². The van der Waals surface area contributed by atoms with Crippen LogP contribution in [0.15, 0.2) is 12.7 Å². The van der Waals surface area contributed by atoms with E-state index in [0.717, 1.165) is 6.42 Å². The molecule has 0 aliphatic heterocycles. The van der Waals surface area contributed by atoms with Crippen molar-refractivity contribution >= 4 is 5.97 Å². The maximum absolute atomic E-state index is 10.9. The third kappa shape index (κ3) is 3.78. The van der Waals surface area contributed by atoms with Crippen LogP contribution >= 0.6 is 0 Å². The van der Waals surface area contributed by atoms with Gasteiger partial charge in [-0.15, -0.1) is 6.58 Å². The second-order valence-corrected chi connectivity index (χ2v) is 2.42. The lowest BCUT2D eigenvalue weighted by Gasteiger charge is -2.12. The number of ether oxygens (including phenoxy) is 1. The molecule has 3 heteroatoms. The number of carbonyl (C=O) groups is 1. The number of nitrogens with two attached hydrogens (primary N) is 1. The van der Waals surface area contributed by atoms with Gasteiger partial charge in [0.05, 0.1) is 6.10 Å².